The van der Waals surface area contributed by atoms with Crippen LogP contribution in [0.5, 0.6) is 0 Å². The Kier molecular flexibility index (Phi) is 5.48. The van der Waals surface area contributed by atoms with Gasteiger partial charge in [-0.05, 0) is 43.2 Å². The first-order chi connectivity index (χ1) is 15.4. The van der Waals surface area contributed by atoms with Crippen LogP contribution in [-0.2, 0) is 19.7 Å². The second-order valence-electron chi connectivity index (χ2n) is 7.34. The molecule has 0 radical (unpaired) electrons. The summed E-state index contributed by atoms with van der Waals surface area (Å²) in [4.78, 5) is 37.2. The fraction of sp³-hybridized carbons (Fsp3) is 0.217. The molecule has 2 aromatic carbocycles. The number of nitrogens with zero attached hydrogens (tertiary/aromatic N) is 1. The van der Waals surface area contributed by atoms with Crippen molar-refractivity contribution in [3.8, 4) is 11.3 Å². The number of amides is 1. The van der Waals surface area contributed by atoms with Gasteiger partial charge in [0.2, 0.25) is 5.91 Å². The molecule has 1 amide bonds. The van der Waals surface area contributed by atoms with Crippen molar-refractivity contribution in [3.05, 3.63) is 71.2 Å². The number of carbonyl (C=O) groups excluding carboxylic acids is 3. The number of carbonyl (C=O) groups is 3. The Morgan fingerprint density at radius 2 is 1.75 bits per heavy atom. The number of hydrogen-bond acceptors (Lipinski definition) is 7. The molecule has 0 unspecified atom stereocenters. The topological polar surface area (TPSA) is 108 Å². The molecule has 164 valence electrons. The highest BCUT2D eigenvalue weighted by molar-refractivity contribution is 6.07. The van der Waals surface area contributed by atoms with Gasteiger partial charge >= 0.3 is 11.9 Å². The second-order valence-corrected chi connectivity index (χ2v) is 7.34. The van der Waals surface area contributed by atoms with Gasteiger partial charge in [0, 0.05) is 6.07 Å². The molecule has 9 heteroatoms. The third kappa shape index (κ3) is 3.73. The summed E-state index contributed by atoms with van der Waals surface area (Å²) in [6.45, 7) is 0. The van der Waals surface area contributed by atoms with E-state index in [0.29, 0.717) is 18.5 Å². The summed E-state index contributed by atoms with van der Waals surface area (Å²) in [6.07, 6.45) is 0.985. The van der Waals surface area contributed by atoms with Crippen LogP contribution < -0.4 is 5.32 Å². The van der Waals surface area contributed by atoms with Crippen LogP contribution in [0.25, 0.3) is 11.3 Å². The number of anilines is 1. The van der Waals surface area contributed by atoms with Gasteiger partial charge in [-0.3, -0.25) is 4.79 Å². The first kappa shape index (κ1) is 21.2. The van der Waals surface area contributed by atoms with E-state index in [9.17, 15) is 18.8 Å². The van der Waals surface area contributed by atoms with Crippen LogP contribution in [0.4, 0.5) is 10.1 Å². The number of methoxy groups -OCH3 is 2. The number of rotatable bonds is 6. The Morgan fingerprint density at radius 3 is 2.41 bits per heavy atom. The van der Waals surface area contributed by atoms with Crippen LogP contribution in [0, 0.1) is 5.82 Å². The highest BCUT2D eigenvalue weighted by Gasteiger charge is 2.54. The largest absolute Gasteiger partial charge is 0.465 e. The highest BCUT2D eigenvalue weighted by atomic mass is 19.1. The number of benzene rings is 2. The van der Waals surface area contributed by atoms with Crippen LogP contribution in [-0.4, -0.2) is 37.2 Å². The van der Waals surface area contributed by atoms with E-state index in [1.165, 1.54) is 44.6 Å². The summed E-state index contributed by atoms with van der Waals surface area (Å²) in [5.41, 5.74) is -0.0473. The fourth-order valence-electron chi connectivity index (χ4n) is 3.44. The molecule has 1 fully saturated rings. The minimum atomic E-state index is -0.984. The van der Waals surface area contributed by atoms with Crippen LogP contribution in [0.2, 0.25) is 0 Å². The predicted molar refractivity (Wildman–Crippen MR) is 111 cm³/mol. The predicted octanol–water partition coefficient (Wildman–Crippen LogP) is 3.72. The molecule has 0 saturated heterocycles. The van der Waals surface area contributed by atoms with Gasteiger partial charge in [0.15, 0.2) is 5.76 Å². The van der Waals surface area contributed by atoms with Crippen molar-refractivity contribution < 1.29 is 32.8 Å². The summed E-state index contributed by atoms with van der Waals surface area (Å²) in [6, 6.07) is 11.8. The zero-order valence-electron chi connectivity index (χ0n) is 17.3. The Labute approximate surface area is 182 Å². The van der Waals surface area contributed by atoms with Crippen molar-refractivity contribution in [3.63, 3.8) is 0 Å². The van der Waals surface area contributed by atoms with Crippen molar-refractivity contribution in [2.24, 2.45) is 0 Å². The van der Waals surface area contributed by atoms with Crippen molar-refractivity contribution in [2.45, 2.75) is 18.3 Å². The van der Waals surface area contributed by atoms with Gasteiger partial charge in [-0.25, -0.2) is 14.0 Å². The van der Waals surface area contributed by atoms with Crippen LogP contribution in [0.1, 0.15) is 39.3 Å². The Bertz CT molecular complexity index is 1210. The molecule has 0 spiro atoms. The summed E-state index contributed by atoms with van der Waals surface area (Å²) in [5.74, 6) is -1.99. The van der Waals surface area contributed by atoms with Crippen LogP contribution >= 0.6 is 0 Å². The molecule has 1 aromatic heterocycles. The third-order valence-corrected chi connectivity index (χ3v) is 5.42. The molecule has 0 atom stereocenters. The normalized spacial score (nSPS) is 13.8. The number of ether oxygens (including phenoxy) is 2. The lowest BCUT2D eigenvalue weighted by Crippen LogP contribution is -2.29. The summed E-state index contributed by atoms with van der Waals surface area (Å²) >= 11 is 0. The van der Waals surface area contributed by atoms with Gasteiger partial charge in [-0.15, -0.1) is 0 Å². The Morgan fingerprint density at radius 1 is 1.03 bits per heavy atom. The second kappa shape index (κ2) is 8.26. The molecule has 1 aliphatic rings. The minimum absolute atomic E-state index is 0.0801. The SMILES string of the molecule is COC(=O)c1ccc(C(=O)OC)c(NC(=O)C2(c3cc(-c4ccccc4F)on3)CC2)c1. The van der Waals surface area contributed by atoms with Crippen LogP contribution in [0.3, 0.4) is 0 Å². The van der Waals surface area contributed by atoms with Gasteiger partial charge in [0.1, 0.15) is 5.82 Å². The van der Waals surface area contributed by atoms with Gasteiger partial charge in [0.05, 0.1) is 47.7 Å². The molecule has 1 N–H and O–H groups in total. The van der Waals surface area contributed by atoms with Gasteiger partial charge < -0.3 is 19.3 Å². The monoisotopic (exact) mass is 438 g/mol. The van der Waals surface area contributed by atoms with Crippen molar-refractivity contribution in [1.29, 1.82) is 0 Å². The molecule has 8 nitrogen and oxygen atoms in total. The first-order valence-corrected chi connectivity index (χ1v) is 9.74. The molecular formula is C23H19FN2O6. The smallest absolute Gasteiger partial charge is 0.339 e. The number of hydrogen-bond donors (Lipinski definition) is 1. The van der Waals surface area contributed by atoms with E-state index in [4.69, 9.17) is 14.0 Å². The van der Waals surface area contributed by atoms with Crippen molar-refractivity contribution in [2.75, 3.05) is 19.5 Å². The quantitative estimate of drug-likeness (QED) is 0.585. The minimum Gasteiger partial charge on any atom is -0.465 e. The van der Waals surface area contributed by atoms with E-state index in [2.05, 4.69) is 10.5 Å². The molecule has 1 saturated carbocycles. The number of esters is 2. The maximum absolute atomic E-state index is 14.1. The molecular weight excluding hydrogens is 419 g/mol. The van der Waals surface area contributed by atoms with E-state index in [0.717, 1.165) is 0 Å². The van der Waals surface area contributed by atoms with E-state index >= 15 is 0 Å². The Balaban J connectivity index is 1.64. The molecule has 3 aromatic rings. The average Bonchev–Trinajstić information content (AvgIpc) is 3.48. The summed E-state index contributed by atoms with van der Waals surface area (Å²) in [5, 5.41) is 6.70. The molecule has 1 heterocycles. The molecule has 4 rings (SSSR count). The van der Waals surface area contributed by atoms with Gasteiger partial charge in [0.25, 0.3) is 0 Å². The number of aromatic nitrogens is 1. The van der Waals surface area contributed by atoms with Crippen molar-refractivity contribution >= 4 is 23.5 Å². The highest BCUT2D eigenvalue weighted by Crippen LogP contribution is 2.49. The molecule has 1 aliphatic carbocycles. The number of nitrogens with one attached hydrogen (secondary N) is 1. The lowest BCUT2D eigenvalue weighted by molar-refractivity contribution is -0.118. The lowest BCUT2D eigenvalue weighted by atomic mass is 9.99. The summed E-state index contributed by atoms with van der Waals surface area (Å²) in [7, 11) is 2.44. The fourth-order valence-corrected chi connectivity index (χ4v) is 3.44. The van der Waals surface area contributed by atoms with Gasteiger partial charge in [-0.1, -0.05) is 17.3 Å². The molecule has 0 aliphatic heterocycles. The standard InChI is InChI=1S/C23H19FN2O6/c1-30-20(27)13-7-8-15(21(28)31-2)17(11-13)25-22(29)23(9-10-23)19-12-18(32-26-19)14-5-3-4-6-16(14)24/h3-8,11-12H,9-10H2,1-2H3,(H,25,29). The lowest BCUT2D eigenvalue weighted by Gasteiger charge is -2.15. The third-order valence-electron chi connectivity index (χ3n) is 5.42. The number of halogens is 1. The molecule has 0 bridgehead atoms. The van der Waals surface area contributed by atoms with Crippen LogP contribution in [0.15, 0.2) is 53.1 Å². The van der Waals surface area contributed by atoms with E-state index in [1.807, 2.05) is 0 Å². The Hall–Kier alpha value is -4.01. The van der Waals surface area contributed by atoms with Gasteiger partial charge in [-0.2, -0.15) is 0 Å². The zero-order chi connectivity index (χ0) is 22.9. The maximum atomic E-state index is 14.1. The average molecular weight is 438 g/mol. The van der Waals surface area contributed by atoms with E-state index < -0.39 is 29.1 Å². The molecule has 32 heavy (non-hydrogen) atoms. The zero-order valence-corrected chi connectivity index (χ0v) is 17.3. The van der Waals surface area contributed by atoms with E-state index in [-0.39, 0.29) is 28.1 Å². The van der Waals surface area contributed by atoms with Crippen molar-refractivity contribution in [1.82, 2.24) is 5.16 Å². The summed E-state index contributed by atoms with van der Waals surface area (Å²) < 4.78 is 28.8. The maximum Gasteiger partial charge on any atom is 0.339 e. The first-order valence-electron chi connectivity index (χ1n) is 9.74. The van der Waals surface area contributed by atoms with E-state index in [1.54, 1.807) is 18.2 Å².